The molecule has 0 saturated heterocycles. The summed E-state index contributed by atoms with van der Waals surface area (Å²) in [7, 11) is 0. The van der Waals surface area contributed by atoms with Crippen molar-refractivity contribution in [3.63, 3.8) is 0 Å². The van der Waals surface area contributed by atoms with Crippen molar-refractivity contribution in [1.29, 1.82) is 0 Å². The number of anilines is 1. The van der Waals surface area contributed by atoms with E-state index in [1.807, 2.05) is 18.2 Å². The van der Waals surface area contributed by atoms with Crippen LogP contribution in [0.25, 0.3) is 0 Å². The first kappa shape index (κ1) is 10.2. The minimum absolute atomic E-state index is 0.156. The number of ether oxygens (including phenoxy) is 1. The fourth-order valence-corrected chi connectivity index (χ4v) is 1.25. The first-order chi connectivity index (χ1) is 7.77. The van der Waals surface area contributed by atoms with Gasteiger partial charge in [0.05, 0.1) is 0 Å². The zero-order chi connectivity index (χ0) is 11.4. The highest BCUT2D eigenvalue weighted by Gasteiger charge is 2.06. The molecule has 5 heteroatoms. The van der Waals surface area contributed by atoms with Crippen molar-refractivity contribution in [2.24, 2.45) is 0 Å². The summed E-state index contributed by atoms with van der Waals surface area (Å²) in [5.41, 5.74) is 7.11. The smallest absolute Gasteiger partial charge is 0.419 e. The van der Waals surface area contributed by atoms with E-state index < -0.39 is 6.09 Å². The van der Waals surface area contributed by atoms with Crippen molar-refractivity contribution < 1.29 is 9.53 Å². The molecule has 0 bridgehead atoms. The maximum atomic E-state index is 11.5. The van der Waals surface area contributed by atoms with Crippen LogP contribution >= 0.6 is 0 Å². The summed E-state index contributed by atoms with van der Waals surface area (Å²) in [6.07, 6.45) is 3.95. The Morgan fingerprint density at radius 3 is 2.94 bits per heavy atom. The molecule has 0 aliphatic heterocycles. The second kappa shape index (κ2) is 4.48. The molecule has 1 heterocycles. The first-order valence-corrected chi connectivity index (χ1v) is 4.76. The summed E-state index contributed by atoms with van der Waals surface area (Å²) in [5, 5.41) is 0. The van der Waals surface area contributed by atoms with Gasteiger partial charge in [-0.05, 0) is 6.07 Å². The van der Waals surface area contributed by atoms with Gasteiger partial charge in [0, 0.05) is 23.6 Å². The maximum Gasteiger partial charge on any atom is 0.419 e. The first-order valence-electron chi connectivity index (χ1n) is 4.76. The van der Waals surface area contributed by atoms with Crippen molar-refractivity contribution >= 4 is 11.8 Å². The normalized spacial score (nSPS) is 10.0. The Morgan fingerprint density at radius 1 is 1.44 bits per heavy atom. The Hall–Kier alpha value is -2.30. The number of nitrogen functional groups attached to an aromatic ring is 1. The van der Waals surface area contributed by atoms with Crippen molar-refractivity contribution in [2.45, 2.75) is 6.61 Å². The van der Waals surface area contributed by atoms with Crippen LogP contribution in [0.1, 0.15) is 5.56 Å². The fraction of sp³-hybridized carbons (Fsp3) is 0.0909. The molecule has 5 nitrogen and oxygen atoms in total. The number of para-hydroxylation sites is 1. The van der Waals surface area contributed by atoms with Gasteiger partial charge in [0.25, 0.3) is 0 Å². The summed E-state index contributed by atoms with van der Waals surface area (Å²) in [6, 6.07) is 7.25. The van der Waals surface area contributed by atoms with E-state index in [0.29, 0.717) is 5.69 Å². The van der Waals surface area contributed by atoms with Gasteiger partial charge < -0.3 is 10.5 Å². The van der Waals surface area contributed by atoms with E-state index in [1.54, 1.807) is 6.07 Å². The van der Waals surface area contributed by atoms with E-state index in [1.165, 1.54) is 23.3 Å². The van der Waals surface area contributed by atoms with Gasteiger partial charge in [0.1, 0.15) is 12.9 Å². The molecule has 0 unspecified atom stereocenters. The van der Waals surface area contributed by atoms with Gasteiger partial charge in [-0.1, -0.05) is 18.2 Å². The van der Waals surface area contributed by atoms with Gasteiger partial charge in [0.2, 0.25) is 0 Å². The minimum atomic E-state index is -0.472. The lowest BCUT2D eigenvalue weighted by molar-refractivity contribution is 0.141. The topological polar surface area (TPSA) is 70.1 Å². The van der Waals surface area contributed by atoms with Crippen LogP contribution in [0.4, 0.5) is 10.5 Å². The van der Waals surface area contributed by atoms with Crippen LogP contribution in [0, 0.1) is 0 Å². The van der Waals surface area contributed by atoms with Gasteiger partial charge >= 0.3 is 6.09 Å². The highest BCUT2D eigenvalue weighted by Crippen LogP contribution is 2.11. The molecular weight excluding hydrogens is 206 g/mol. The molecule has 0 fully saturated rings. The van der Waals surface area contributed by atoms with Crippen LogP contribution in [-0.4, -0.2) is 15.6 Å². The highest BCUT2D eigenvalue weighted by atomic mass is 16.5. The zero-order valence-electron chi connectivity index (χ0n) is 8.54. The monoisotopic (exact) mass is 217 g/mol. The quantitative estimate of drug-likeness (QED) is 0.776. The number of nitrogens with zero attached hydrogens (tertiary/aromatic N) is 2. The molecule has 1 aromatic carbocycles. The van der Waals surface area contributed by atoms with E-state index >= 15 is 0 Å². The standard InChI is InChI=1S/C11H11N3O2/c12-10-4-2-1-3-9(10)7-16-11(15)14-6-5-13-8-14/h1-6,8H,7,12H2. The lowest BCUT2D eigenvalue weighted by Crippen LogP contribution is -2.12. The molecule has 82 valence electrons. The summed E-state index contributed by atoms with van der Waals surface area (Å²) < 4.78 is 6.32. The highest BCUT2D eigenvalue weighted by molar-refractivity contribution is 5.70. The molecule has 0 aliphatic rings. The third-order valence-corrected chi connectivity index (χ3v) is 2.12. The second-order valence-corrected chi connectivity index (χ2v) is 3.22. The van der Waals surface area contributed by atoms with Crippen molar-refractivity contribution in [2.75, 3.05) is 5.73 Å². The molecular formula is C11H11N3O2. The largest absolute Gasteiger partial charge is 0.444 e. The number of rotatable bonds is 2. The number of hydrogen-bond donors (Lipinski definition) is 1. The van der Waals surface area contributed by atoms with E-state index in [2.05, 4.69) is 4.98 Å². The van der Waals surface area contributed by atoms with Crippen molar-refractivity contribution in [3.8, 4) is 0 Å². The predicted molar refractivity (Wildman–Crippen MR) is 58.7 cm³/mol. The van der Waals surface area contributed by atoms with Crippen LogP contribution in [0.2, 0.25) is 0 Å². The number of nitrogens with two attached hydrogens (primary N) is 1. The minimum Gasteiger partial charge on any atom is -0.444 e. The average molecular weight is 217 g/mol. The Morgan fingerprint density at radius 2 is 2.25 bits per heavy atom. The molecule has 1 aromatic heterocycles. The molecule has 0 amide bonds. The molecule has 2 N–H and O–H groups in total. The van der Waals surface area contributed by atoms with Gasteiger partial charge in [-0.2, -0.15) is 0 Å². The van der Waals surface area contributed by atoms with Crippen LogP contribution < -0.4 is 5.73 Å². The lowest BCUT2D eigenvalue weighted by Gasteiger charge is -2.06. The molecule has 0 saturated carbocycles. The van der Waals surface area contributed by atoms with Crippen LogP contribution in [-0.2, 0) is 11.3 Å². The molecule has 0 spiro atoms. The van der Waals surface area contributed by atoms with Gasteiger partial charge in [0.15, 0.2) is 0 Å². The SMILES string of the molecule is Nc1ccccc1COC(=O)n1ccnc1. The van der Waals surface area contributed by atoms with E-state index in [-0.39, 0.29) is 6.61 Å². The summed E-state index contributed by atoms with van der Waals surface area (Å²) in [4.78, 5) is 15.2. The van der Waals surface area contributed by atoms with Crippen LogP contribution in [0.3, 0.4) is 0 Å². The maximum absolute atomic E-state index is 11.5. The van der Waals surface area contributed by atoms with Gasteiger partial charge in [-0.3, -0.25) is 0 Å². The summed E-state index contributed by atoms with van der Waals surface area (Å²) in [5.74, 6) is 0. The summed E-state index contributed by atoms with van der Waals surface area (Å²) >= 11 is 0. The van der Waals surface area contributed by atoms with Gasteiger partial charge in [-0.15, -0.1) is 0 Å². The third-order valence-electron chi connectivity index (χ3n) is 2.12. The number of benzene rings is 1. The number of carbonyl (C=O) groups excluding carboxylic acids is 1. The third kappa shape index (κ3) is 2.20. The van der Waals surface area contributed by atoms with E-state index in [0.717, 1.165) is 5.56 Å². The predicted octanol–water partition coefficient (Wildman–Crippen LogP) is 1.65. The zero-order valence-corrected chi connectivity index (χ0v) is 8.54. The molecule has 0 aliphatic carbocycles. The van der Waals surface area contributed by atoms with E-state index in [9.17, 15) is 4.79 Å². The Labute approximate surface area is 92.5 Å². The fourth-order valence-electron chi connectivity index (χ4n) is 1.25. The Kier molecular flexibility index (Phi) is 2.86. The molecule has 0 atom stereocenters. The van der Waals surface area contributed by atoms with Gasteiger partial charge in [-0.25, -0.2) is 14.3 Å². The van der Waals surface area contributed by atoms with Crippen LogP contribution in [0.15, 0.2) is 43.0 Å². The Bertz CT molecular complexity index is 480. The number of imidazole rings is 1. The van der Waals surface area contributed by atoms with Crippen molar-refractivity contribution in [1.82, 2.24) is 9.55 Å². The van der Waals surface area contributed by atoms with Crippen LogP contribution in [0.5, 0.6) is 0 Å². The number of hydrogen-bond acceptors (Lipinski definition) is 4. The number of aromatic nitrogens is 2. The van der Waals surface area contributed by atoms with E-state index in [4.69, 9.17) is 10.5 Å². The molecule has 2 rings (SSSR count). The number of carbonyl (C=O) groups is 1. The Balaban J connectivity index is 1.98. The molecule has 2 aromatic rings. The van der Waals surface area contributed by atoms with Crippen molar-refractivity contribution in [3.05, 3.63) is 48.5 Å². The molecule has 0 radical (unpaired) electrons. The summed E-state index contributed by atoms with van der Waals surface area (Å²) in [6.45, 7) is 0.156. The average Bonchev–Trinajstić information content (AvgIpc) is 2.81. The second-order valence-electron chi connectivity index (χ2n) is 3.22. The molecule has 16 heavy (non-hydrogen) atoms. The lowest BCUT2D eigenvalue weighted by atomic mass is 10.2.